The van der Waals surface area contributed by atoms with E-state index in [-0.39, 0.29) is 17.8 Å². The summed E-state index contributed by atoms with van der Waals surface area (Å²) >= 11 is 0. The maximum absolute atomic E-state index is 13.1. The highest BCUT2D eigenvalue weighted by Crippen LogP contribution is 2.24. The second-order valence-corrected chi connectivity index (χ2v) is 6.24. The number of halogens is 1. The van der Waals surface area contributed by atoms with E-state index < -0.39 is 23.2 Å². The van der Waals surface area contributed by atoms with Crippen LogP contribution in [-0.4, -0.2) is 29.9 Å². The number of ether oxygens (including phenoxy) is 1. The van der Waals surface area contributed by atoms with Crippen molar-refractivity contribution in [3.8, 4) is 5.75 Å². The van der Waals surface area contributed by atoms with Gasteiger partial charge in [0, 0.05) is 11.1 Å². The Bertz CT molecular complexity index is 878. The number of Topliss-reactive ketones (excluding diaryl/α,β-unsaturated/α-hetero) is 1. The molecule has 0 saturated carbocycles. The van der Waals surface area contributed by atoms with E-state index in [0.717, 1.165) is 12.1 Å². The van der Waals surface area contributed by atoms with E-state index in [1.165, 1.54) is 39.2 Å². The van der Waals surface area contributed by atoms with Crippen LogP contribution in [0.4, 0.5) is 4.39 Å². The molecule has 0 saturated heterocycles. The van der Waals surface area contributed by atoms with Crippen LogP contribution in [-0.2, 0) is 21.5 Å². The molecule has 0 heterocycles. The van der Waals surface area contributed by atoms with Gasteiger partial charge in [0.1, 0.15) is 11.6 Å². The largest absolute Gasteiger partial charge is 0.496 e. The maximum Gasteiger partial charge on any atom is 0.333 e. The molecule has 0 fully saturated rings. The van der Waals surface area contributed by atoms with E-state index >= 15 is 0 Å². The Balaban J connectivity index is 2.29. The van der Waals surface area contributed by atoms with Crippen LogP contribution in [0, 0.1) is 5.82 Å². The summed E-state index contributed by atoms with van der Waals surface area (Å²) in [6.45, 7) is 2.73. The Morgan fingerprint density at radius 1 is 1.15 bits per heavy atom. The van der Waals surface area contributed by atoms with Gasteiger partial charge >= 0.3 is 5.97 Å². The van der Waals surface area contributed by atoms with E-state index in [1.54, 1.807) is 12.1 Å². The molecule has 0 aromatic heterocycles. The van der Waals surface area contributed by atoms with Gasteiger partial charge in [-0.3, -0.25) is 9.59 Å². The quantitative estimate of drug-likeness (QED) is 0.728. The van der Waals surface area contributed by atoms with Crippen LogP contribution in [0.1, 0.15) is 35.3 Å². The number of rotatable bonds is 7. The fraction of sp³-hybridized carbons (Fsp3) is 0.250. The van der Waals surface area contributed by atoms with Gasteiger partial charge in [-0.25, -0.2) is 9.18 Å². The molecular weight excluding hydrogens is 353 g/mol. The molecule has 7 heteroatoms. The number of hydrogen-bond donors (Lipinski definition) is 2. The molecule has 2 aromatic carbocycles. The maximum atomic E-state index is 13.1. The van der Waals surface area contributed by atoms with Crippen molar-refractivity contribution in [3.63, 3.8) is 0 Å². The van der Waals surface area contributed by atoms with Gasteiger partial charge in [-0.05, 0) is 49.7 Å². The van der Waals surface area contributed by atoms with Crippen LogP contribution < -0.4 is 10.1 Å². The van der Waals surface area contributed by atoms with Crippen LogP contribution in [0.15, 0.2) is 42.5 Å². The number of amides is 1. The molecule has 2 rings (SSSR count). The van der Waals surface area contributed by atoms with E-state index in [0.29, 0.717) is 16.9 Å². The third-order valence-corrected chi connectivity index (χ3v) is 4.28. The highest BCUT2D eigenvalue weighted by Gasteiger charge is 2.37. The smallest absolute Gasteiger partial charge is 0.333 e. The molecule has 1 unspecified atom stereocenters. The number of aliphatic carboxylic acids is 1. The summed E-state index contributed by atoms with van der Waals surface area (Å²) in [5, 5.41) is 12.1. The fourth-order valence-electron chi connectivity index (χ4n) is 2.66. The van der Waals surface area contributed by atoms with Gasteiger partial charge < -0.3 is 15.2 Å². The zero-order valence-corrected chi connectivity index (χ0v) is 15.2. The third-order valence-electron chi connectivity index (χ3n) is 4.28. The Hall–Kier alpha value is -3.22. The normalized spacial score (nSPS) is 12.7. The average Bonchev–Trinajstić information content (AvgIpc) is 2.61. The van der Waals surface area contributed by atoms with Crippen molar-refractivity contribution < 1.29 is 28.6 Å². The predicted molar refractivity (Wildman–Crippen MR) is 96.2 cm³/mol. The molecule has 0 bridgehead atoms. The van der Waals surface area contributed by atoms with Gasteiger partial charge in [0.15, 0.2) is 11.3 Å². The molecule has 0 aliphatic heterocycles. The first-order valence-corrected chi connectivity index (χ1v) is 8.15. The number of carboxylic acids is 1. The second kappa shape index (κ2) is 7.99. The number of ketones is 1. The molecule has 2 aromatic rings. The summed E-state index contributed by atoms with van der Waals surface area (Å²) in [5.74, 6) is -2.13. The first kappa shape index (κ1) is 20.1. The molecule has 0 radical (unpaired) electrons. The van der Waals surface area contributed by atoms with Crippen molar-refractivity contribution in [1.82, 2.24) is 5.32 Å². The number of carbonyl (C=O) groups is 3. The van der Waals surface area contributed by atoms with E-state index in [4.69, 9.17) is 4.74 Å². The number of carboxylic acid groups (broad SMARTS) is 1. The van der Waals surface area contributed by atoms with Crippen molar-refractivity contribution in [2.75, 3.05) is 7.11 Å². The lowest BCUT2D eigenvalue weighted by atomic mass is 9.91. The van der Waals surface area contributed by atoms with Gasteiger partial charge in [0.25, 0.3) is 0 Å². The summed E-state index contributed by atoms with van der Waals surface area (Å²) in [6.07, 6.45) is -0.186. The number of carbonyl (C=O) groups excluding carboxylic acids is 2. The number of methoxy groups -OCH3 is 1. The first-order chi connectivity index (χ1) is 12.7. The summed E-state index contributed by atoms with van der Waals surface area (Å²) in [7, 11) is 1.43. The van der Waals surface area contributed by atoms with Gasteiger partial charge in [0.2, 0.25) is 5.91 Å². The molecule has 142 valence electrons. The van der Waals surface area contributed by atoms with Crippen LogP contribution in [0.2, 0.25) is 0 Å². The predicted octanol–water partition coefficient (Wildman–Crippen LogP) is 2.70. The van der Waals surface area contributed by atoms with Gasteiger partial charge in [-0.1, -0.05) is 12.1 Å². The monoisotopic (exact) mass is 373 g/mol. The van der Waals surface area contributed by atoms with Crippen molar-refractivity contribution in [3.05, 3.63) is 65.0 Å². The molecule has 0 aliphatic carbocycles. The van der Waals surface area contributed by atoms with Gasteiger partial charge in [-0.15, -0.1) is 0 Å². The van der Waals surface area contributed by atoms with Crippen LogP contribution in [0.25, 0.3) is 0 Å². The zero-order valence-electron chi connectivity index (χ0n) is 15.2. The van der Waals surface area contributed by atoms with Crippen molar-refractivity contribution in [1.29, 1.82) is 0 Å². The molecule has 27 heavy (non-hydrogen) atoms. The standard InChI is InChI=1S/C20H20FNO5/c1-12(23)13-4-9-17(27-3)14(10-13)11-18(24)22-20(2,19(25)26)15-5-7-16(21)8-6-15/h4-10H,11H2,1-3H3,(H,22,24)(H,25,26). The Kier molecular flexibility index (Phi) is 5.95. The lowest BCUT2D eigenvalue weighted by Gasteiger charge is -2.27. The lowest BCUT2D eigenvalue weighted by Crippen LogP contribution is -2.50. The highest BCUT2D eigenvalue weighted by atomic mass is 19.1. The van der Waals surface area contributed by atoms with Gasteiger partial charge in [0.05, 0.1) is 13.5 Å². The van der Waals surface area contributed by atoms with Crippen LogP contribution in [0.3, 0.4) is 0 Å². The number of benzene rings is 2. The van der Waals surface area contributed by atoms with Crippen molar-refractivity contribution in [2.24, 2.45) is 0 Å². The van der Waals surface area contributed by atoms with Crippen LogP contribution in [0.5, 0.6) is 5.75 Å². The number of nitrogens with one attached hydrogen (secondary N) is 1. The highest BCUT2D eigenvalue weighted by molar-refractivity contribution is 5.95. The summed E-state index contributed by atoms with van der Waals surface area (Å²) < 4.78 is 18.3. The van der Waals surface area contributed by atoms with Crippen molar-refractivity contribution in [2.45, 2.75) is 25.8 Å². The summed E-state index contributed by atoms with van der Waals surface area (Å²) in [4.78, 5) is 35.9. The summed E-state index contributed by atoms with van der Waals surface area (Å²) in [6, 6.07) is 9.57. The van der Waals surface area contributed by atoms with E-state index in [9.17, 15) is 23.9 Å². The minimum absolute atomic E-state index is 0.166. The third kappa shape index (κ3) is 4.49. The molecule has 1 amide bonds. The number of hydrogen-bond acceptors (Lipinski definition) is 4. The SMILES string of the molecule is COc1ccc(C(C)=O)cc1CC(=O)NC(C)(C(=O)O)c1ccc(F)cc1. The Labute approximate surface area is 156 Å². The first-order valence-electron chi connectivity index (χ1n) is 8.15. The summed E-state index contributed by atoms with van der Waals surface area (Å²) in [5.41, 5.74) is -0.641. The Morgan fingerprint density at radius 3 is 2.30 bits per heavy atom. The fourth-order valence-corrected chi connectivity index (χ4v) is 2.66. The minimum Gasteiger partial charge on any atom is -0.496 e. The molecular formula is C20H20FNO5. The molecule has 0 spiro atoms. The lowest BCUT2D eigenvalue weighted by molar-refractivity contribution is -0.147. The van der Waals surface area contributed by atoms with E-state index in [1.807, 2.05) is 0 Å². The Morgan fingerprint density at radius 2 is 1.78 bits per heavy atom. The topological polar surface area (TPSA) is 92.7 Å². The van der Waals surface area contributed by atoms with Crippen molar-refractivity contribution >= 4 is 17.7 Å². The average molecular weight is 373 g/mol. The second-order valence-electron chi connectivity index (χ2n) is 6.24. The molecule has 6 nitrogen and oxygen atoms in total. The minimum atomic E-state index is -1.74. The van der Waals surface area contributed by atoms with Gasteiger partial charge in [-0.2, -0.15) is 0 Å². The molecule has 1 atom stereocenters. The molecule has 0 aliphatic rings. The molecule has 2 N–H and O–H groups in total. The zero-order chi connectivity index (χ0) is 20.2. The van der Waals surface area contributed by atoms with E-state index in [2.05, 4.69) is 5.32 Å². The van der Waals surface area contributed by atoms with Crippen LogP contribution >= 0.6 is 0 Å².